The molecule has 1 heterocycles. The number of aromatic nitrogens is 1. The van der Waals surface area contributed by atoms with Crippen LogP contribution in [0.3, 0.4) is 0 Å². The highest BCUT2D eigenvalue weighted by molar-refractivity contribution is 9.10. The van der Waals surface area contributed by atoms with Gasteiger partial charge in [-0.3, -0.25) is 0 Å². The summed E-state index contributed by atoms with van der Waals surface area (Å²) < 4.78 is 28.9. The molecule has 3 atom stereocenters. The third-order valence-corrected chi connectivity index (χ3v) is 4.64. The molecule has 2 unspecified atom stereocenters. The Labute approximate surface area is 125 Å². The lowest BCUT2D eigenvalue weighted by Crippen LogP contribution is -2.45. The summed E-state index contributed by atoms with van der Waals surface area (Å²) in [6.07, 6.45) is -0.703. The first-order valence-corrected chi connectivity index (χ1v) is 8.08. The monoisotopic (exact) mass is 350 g/mol. The van der Waals surface area contributed by atoms with Crippen molar-refractivity contribution in [2.24, 2.45) is 0 Å². The summed E-state index contributed by atoms with van der Waals surface area (Å²) in [4.78, 5) is 4.28. The summed E-state index contributed by atoms with van der Waals surface area (Å²) in [5.41, 5.74) is 0.766. The SMILES string of the molecule is CC(F)[C@@H](Cc1cccc(Br)n1)NS(=O)C(C)(C)C. The molecule has 1 aromatic rings. The lowest BCUT2D eigenvalue weighted by Gasteiger charge is -2.25. The summed E-state index contributed by atoms with van der Waals surface area (Å²) in [6.45, 7) is 7.03. The molecule has 0 aromatic carbocycles. The first kappa shape index (κ1) is 16.7. The normalized spacial score (nSPS) is 16.9. The number of rotatable bonds is 5. The maximum Gasteiger partial charge on any atom is 0.114 e. The Balaban J connectivity index is 2.77. The molecular weight excluding hydrogens is 331 g/mol. The van der Waals surface area contributed by atoms with Gasteiger partial charge in [0, 0.05) is 12.1 Å². The highest BCUT2D eigenvalue weighted by Crippen LogP contribution is 2.14. The molecule has 0 aliphatic carbocycles. The average molecular weight is 351 g/mol. The topological polar surface area (TPSA) is 42.0 Å². The second kappa shape index (κ2) is 6.90. The molecule has 0 aliphatic heterocycles. The molecule has 0 bridgehead atoms. The Hall–Kier alpha value is -0.330. The summed E-state index contributed by atoms with van der Waals surface area (Å²) in [6, 6.07) is 4.99. The number of pyridine rings is 1. The van der Waals surface area contributed by atoms with Gasteiger partial charge in [-0.25, -0.2) is 18.3 Å². The maximum atomic E-state index is 13.7. The van der Waals surface area contributed by atoms with Crippen molar-refractivity contribution in [2.75, 3.05) is 0 Å². The van der Waals surface area contributed by atoms with Crippen molar-refractivity contribution >= 4 is 26.9 Å². The summed E-state index contributed by atoms with van der Waals surface area (Å²) in [7, 11) is -1.30. The molecule has 0 fully saturated rings. The Morgan fingerprint density at radius 3 is 2.58 bits per heavy atom. The fourth-order valence-corrected chi connectivity index (χ4v) is 2.68. The molecule has 1 rings (SSSR count). The van der Waals surface area contributed by atoms with Gasteiger partial charge in [-0.1, -0.05) is 6.07 Å². The second-order valence-corrected chi connectivity index (χ2v) is 8.25. The molecule has 1 N–H and O–H groups in total. The van der Waals surface area contributed by atoms with Crippen LogP contribution < -0.4 is 4.72 Å². The second-order valence-electron chi connectivity index (χ2n) is 5.44. The lowest BCUT2D eigenvalue weighted by atomic mass is 10.1. The fourth-order valence-electron chi connectivity index (χ4n) is 1.40. The van der Waals surface area contributed by atoms with E-state index in [0.29, 0.717) is 11.0 Å². The van der Waals surface area contributed by atoms with E-state index < -0.39 is 27.9 Å². The minimum atomic E-state index is -1.30. The Kier molecular flexibility index (Phi) is 6.08. The summed E-state index contributed by atoms with van der Waals surface area (Å²) >= 11 is 3.29. The Bertz CT molecular complexity index is 449. The largest absolute Gasteiger partial charge is 0.246 e. The van der Waals surface area contributed by atoms with E-state index >= 15 is 0 Å². The molecule has 0 saturated heterocycles. The van der Waals surface area contributed by atoms with Crippen LogP contribution in [0.25, 0.3) is 0 Å². The first-order chi connectivity index (χ1) is 8.70. The molecule has 19 heavy (non-hydrogen) atoms. The van der Waals surface area contributed by atoms with Crippen LogP contribution in [-0.2, 0) is 17.4 Å². The van der Waals surface area contributed by atoms with E-state index in [0.717, 1.165) is 5.69 Å². The van der Waals surface area contributed by atoms with E-state index in [-0.39, 0.29) is 0 Å². The number of halogens is 2. The van der Waals surface area contributed by atoms with Crippen LogP contribution in [-0.4, -0.2) is 26.2 Å². The molecule has 6 heteroatoms. The van der Waals surface area contributed by atoms with Gasteiger partial charge in [-0.15, -0.1) is 0 Å². The third-order valence-electron chi connectivity index (χ3n) is 2.57. The van der Waals surface area contributed by atoms with Gasteiger partial charge in [0.05, 0.1) is 21.8 Å². The van der Waals surface area contributed by atoms with Gasteiger partial charge < -0.3 is 0 Å². The van der Waals surface area contributed by atoms with Crippen molar-refractivity contribution in [2.45, 2.75) is 51.1 Å². The van der Waals surface area contributed by atoms with Crippen molar-refractivity contribution in [3.8, 4) is 0 Å². The smallest absolute Gasteiger partial charge is 0.114 e. The highest BCUT2D eigenvalue weighted by atomic mass is 79.9. The molecule has 0 aliphatic rings. The van der Waals surface area contributed by atoms with E-state index in [1.165, 1.54) is 6.92 Å². The zero-order valence-corrected chi connectivity index (χ0v) is 14.0. The molecule has 108 valence electrons. The summed E-state index contributed by atoms with van der Waals surface area (Å²) in [5.74, 6) is 0. The standard InChI is InChI=1S/C13H20BrFN2OS/c1-9(15)11(17-19(18)13(2,3)4)8-10-6-5-7-12(14)16-10/h5-7,9,11,17H,8H2,1-4H3/t9?,11-,19?/m1/s1. The number of nitrogens with one attached hydrogen (secondary N) is 1. The van der Waals surface area contributed by atoms with Crippen LogP contribution in [0.4, 0.5) is 4.39 Å². The van der Waals surface area contributed by atoms with Gasteiger partial charge in [0.25, 0.3) is 0 Å². The number of nitrogens with zero attached hydrogens (tertiary/aromatic N) is 1. The molecule has 0 saturated carbocycles. The zero-order valence-electron chi connectivity index (χ0n) is 11.6. The quantitative estimate of drug-likeness (QED) is 0.828. The molecule has 0 radical (unpaired) electrons. The number of hydrogen-bond donors (Lipinski definition) is 1. The van der Waals surface area contributed by atoms with Crippen molar-refractivity contribution in [1.29, 1.82) is 0 Å². The first-order valence-electron chi connectivity index (χ1n) is 6.13. The predicted octanol–water partition coefficient (Wildman–Crippen LogP) is 3.17. The van der Waals surface area contributed by atoms with Crippen molar-refractivity contribution < 1.29 is 8.60 Å². The molecule has 3 nitrogen and oxygen atoms in total. The van der Waals surface area contributed by atoms with Crippen LogP contribution in [0.15, 0.2) is 22.8 Å². The van der Waals surface area contributed by atoms with Gasteiger partial charge in [0.2, 0.25) is 0 Å². The van der Waals surface area contributed by atoms with E-state index in [2.05, 4.69) is 25.6 Å². The third kappa shape index (κ3) is 5.67. The Morgan fingerprint density at radius 2 is 2.11 bits per heavy atom. The lowest BCUT2D eigenvalue weighted by molar-refractivity contribution is 0.290. The fraction of sp³-hybridized carbons (Fsp3) is 0.615. The maximum absolute atomic E-state index is 13.7. The van der Waals surface area contributed by atoms with Gasteiger partial charge in [0.15, 0.2) is 0 Å². The number of hydrogen-bond acceptors (Lipinski definition) is 2. The van der Waals surface area contributed by atoms with Crippen molar-refractivity contribution in [3.05, 3.63) is 28.5 Å². The molecule has 0 spiro atoms. The van der Waals surface area contributed by atoms with Crippen LogP contribution in [0, 0.1) is 0 Å². The number of alkyl halides is 1. The average Bonchev–Trinajstić information content (AvgIpc) is 2.26. The van der Waals surface area contributed by atoms with Crippen LogP contribution in [0.5, 0.6) is 0 Å². The summed E-state index contributed by atoms with van der Waals surface area (Å²) in [5, 5.41) is 0. The zero-order chi connectivity index (χ0) is 14.6. The van der Waals surface area contributed by atoms with Gasteiger partial charge in [-0.05, 0) is 55.8 Å². The van der Waals surface area contributed by atoms with Gasteiger partial charge in [-0.2, -0.15) is 0 Å². The highest BCUT2D eigenvalue weighted by Gasteiger charge is 2.26. The van der Waals surface area contributed by atoms with E-state index in [1.807, 2.05) is 39.0 Å². The van der Waals surface area contributed by atoms with Crippen molar-refractivity contribution in [1.82, 2.24) is 9.71 Å². The minimum Gasteiger partial charge on any atom is -0.246 e. The molecular formula is C13H20BrFN2OS. The molecule has 1 aromatic heterocycles. The van der Waals surface area contributed by atoms with Gasteiger partial charge >= 0.3 is 0 Å². The van der Waals surface area contributed by atoms with E-state index in [1.54, 1.807) is 0 Å². The molecule has 0 amide bonds. The van der Waals surface area contributed by atoms with Crippen LogP contribution >= 0.6 is 15.9 Å². The van der Waals surface area contributed by atoms with Gasteiger partial charge in [0.1, 0.15) is 10.8 Å². The van der Waals surface area contributed by atoms with Crippen LogP contribution in [0.1, 0.15) is 33.4 Å². The minimum absolute atomic E-state index is 0.402. The van der Waals surface area contributed by atoms with E-state index in [9.17, 15) is 8.60 Å². The Morgan fingerprint density at radius 1 is 1.47 bits per heavy atom. The van der Waals surface area contributed by atoms with Crippen molar-refractivity contribution in [3.63, 3.8) is 0 Å². The van der Waals surface area contributed by atoms with Crippen LogP contribution in [0.2, 0.25) is 0 Å². The van der Waals surface area contributed by atoms with E-state index in [4.69, 9.17) is 0 Å². The predicted molar refractivity (Wildman–Crippen MR) is 81.0 cm³/mol.